The molecule has 1 unspecified atom stereocenters. The molecule has 0 radical (unpaired) electrons. The van der Waals surface area contributed by atoms with E-state index in [0.29, 0.717) is 37.1 Å². The molecule has 9 nitrogen and oxygen atoms in total. The predicted molar refractivity (Wildman–Crippen MR) is 209 cm³/mol. The molecule has 0 aromatic heterocycles. The highest BCUT2D eigenvalue weighted by atomic mass is 35.5. The molecule has 2 aromatic rings. The van der Waals surface area contributed by atoms with E-state index in [1.807, 2.05) is 25.1 Å². The van der Waals surface area contributed by atoms with Gasteiger partial charge in [-0.1, -0.05) is 31.0 Å². The van der Waals surface area contributed by atoms with E-state index in [0.717, 1.165) is 114 Å². The van der Waals surface area contributed by atoms with E-state index < -0.39 is 15.3 Å². The van der Waals surface area contributed by atoms with Crippen LogP contribution >= 0.6 is 11.6 Å². The zero-order chi connectivity index (χ0) is 36.3. The largest absolute Gasteiger partial charge is 0.490 e. The summed E-state index contributed by atoms with van der Waals surface area (Å²) in [6.45, 7) is 12.2. The van der Waals surface area contributed by atoms with E-state index in [1.54, 1.807) is 6.07 Å². The van der Waals surface area contributed by atoms with Crippen LogP contribution in [0, 0.1) is 17.8 Å². The Bertz CT molecular complexity index is 1770. The summed E-state index contributed by atoms with van der Waals surface area (Å²) in [6, 6.07) is 12.3. The molecule has 2 N–H and O–H groups in total. The number of nitrogens with one attached hydrogen (secondary N) is 1. The summed E-state index contributed by atoms with van der Waals surface area (Å²) in [4.78, 5) is 21.3. The monoisotopic (exact) mass is 752 g/mol. The van der Waals surface area contributed by atoms with Crippen LogP contribution in [0.4, 0.5) is 5.69 Å². The first kappa shape index (κ1) is 36.6. The topological polar surface area (TPSA) is 94.6 Å². The summed E-state index contributed by atoms with van der Waals surface area (Å²) in [5, 5.41) is 13.4. The minimum absolute atomic E-state index is 0.0583. The summed E-state index contributed by atoms with van der Waals surface area (Å²) in [7, 11) is -2.95. The standard InChI is InChI=1S/C41H57ClN4O5S/c1-28-6-4-15-41(48,26-44-16-17-45-18-19-50-24-34(45)23-44)36-11-8-32(36)22-46-25-40(14-5-7-30-20-33(42)10-12-35(30)40)27-51-38-13-9-31(21-37(38)46)39(47)43-52(3,49)29(28)2/h9-10,12-13,20-21,28-29,32,34,36,48H,3-8,11,14-19,22-27H2,1-2H3,(H,43,47,49)/t28-,29+,32-,34+,36+,40-,41+,52?/m0/s1. The number of halogens is 1. The first-order valence-electron chi connectivity index (χ1n) is 19.7. The van der Waals surface area contributed by atoms with E-state index in [9.17, 15) is 14.1 Å². The average molecular weight is 753 g/mol. The number of piperazine rings is 1. The highest BCUT2D eigenvalue weighted by Crippen LogP contribution is 2.49. The number of aliphatic hydroxyl groups is 1. The average Bonchev–Trinajstić information content (AvgIpc) is 3.25. The number of nitrogens with zero attached hydrogens (tertiary/aromatic N) is 3. The van der Waals surface area contributed by atoms with Gasteiger partial charge in [-0.25, -0.2) is 4.21 Å². The van der Waals surface area contributed by atoms with E-state index in [1.165, 1.54) is 11.1 Å². The number of morpholine rings is 1. The molecular formula is C41H57ClN4O5S. The molecule has 1 spiro atoms. The number of rotatable bonds is 2. The van der Waals surface area contributed by atoms with Gasteiger partial charge in [-0.3, -0.25) is 19.3 Å². The summed E-state index contributed by atoms with van der Waals surface area (Å²) < 4.78 is 29.4. The predicted octanol–water partition coefficient (Wildman–Crippen LogP) is 5.16. The number of benzene rings is 2. The van der Waals surface area contributed by atoms with Crippen LogP contribution in [0.3, 0.4) is 0 Å². The molecule has 2 saturated heterocycles. The number of carbonyl (C=O) groups is 1. The van der Waals surface area contributed by atoms with Crippen molar-refractivity contribution in [2.75, 3.05) is 70.5 Å². The van der Waals surface area contributed by atoms with Crippen LogP contribution in [-0.4, -0.2) is 113 Å². The summed E-state index contributed by atoms with van der Waals surface area (Å²) in [5.74, 6) is 4.95. The second-order valence-corrected chi connectivity index (χ2v) is 19.9. The van der Waals surface area contributed by atoms with Crippen molar-refractivity contribution in [1.82, 2.24) is 14.5 Å². The van der Waals surface area contributed by atoms with Crippen LogP contribution in [0.5, 0.6) is 5.75 Å². The fourth-order valence-corrected chi connectivity index (χ4v) is 12.1. The van der Waals surface area contributed by atoms with E-state index in [-0.39, 0.29) is 28.4 Å². The van der Waals surface area contributed by atoms with Gasteiger partial charge in [0.05, 0.1) is 40.8 Å². The normalized spacial score (nSPS) is 37.4. The van der Waals surface area contributed by atoms with Gasteiger partial charge in [-0.2, -0.15) is 0 Å². The van der Waals surface area contributed by atoms with Gasteiger partial charge in [-0.15, -0.1) is 0 Å². The highest BCUT2D eigenvalue weighted by Gasteiger charge is 2.50. The fourth-order valence-electron chi connectivity index (χ4n) is 10.4. The highest BCUT2D eigenvalue weighted by molar-refractivity contribution is 7.99. The van der Waals surface area contributed by atoms with Crippen molar-refractivity contribution in [3.63, 3.8) is 0 Å². The smallest absolute Gasteiger partial charge is 0.262 e. The van der Waals surface area contributed by atoms with E-state index in [4.69, 9.17) is 21.1 Å². The van der Waals surface area contributed by atoms with Crippen molar-refractivity contribution in [3.05, 3.63) is 58.1 Å². The van der Waals surface area contributed by atoms with Crippen molar-refractivity contribution in [2.24, 2.45) is 17.8 Å². The summed E-state index contributed by atoms with van der Waals surface area (Å²) in [6.07, 6.45) is 7.42. The van der Waals surface area contributed by atoms with Gasteiger partial charge in [0.2, 0.25) is 0 Å². The molecule has 6 aliphatic rings. The molecule has 1 amide bonds. The van der Waals surface area contributed by atoms with Crippen molar-refractivity contribution in [3.8, 4) is 5.75 Å². The maximum absolute atomic E-state index is 14.0. The van der Waals surface area contributed by atoms with Gasteiger partial charge in [0.25, 0.3) is 5.91 Å². The number of carbonyl (C=O) groups excluding carboxylic acids is 1. The molecule has 2 aliphatic carbocycles. The van der Waals surface area contributed by atoms with Crippen LogP contribution in [0.2, 0.25) is 5.02 Å². The van der Waals surface area contributed by atoms with Crippen molar-refractivity contribution >= 4 is 38.8 Å². The van der Waals surface area contributed by atoms with Crippen LogP contribution < -0.4 is 14.4 Å². The Morgan fingerprint density at radius 3 is 2.75 bits per heavy atom. The van der Waals surface area contributed by atoms with Crippen molar-refractivity contribution in [2.45, 2.75) is 87.5 Å². The molecular weight excluding hydrogens is 696 g/mol. The van der Waals surface area contributed by atoms with Gasteiger partial charge >= 0.3 is 0 Å². The molecule has 8 rings (SSSR count). The van der Waals surface area contributed by atoms with Gasteiger partial charge < -0.3 is 19.5 Å². The molecule has 284 valence electrons. The van der Waals surface area contributed by atoms with E-state index >= 15 is 0 Å². The Morgan fingerprint density at radius 2 is 1.92 bits per heavy atom. The number of hydrogen-bond donors (Lipinski definition) is 2. The molecule has 4 heterocycles. The second-order valence-electron chi connectivity index (χ2n) is 17.1. The maximum Gasteiger partial charge on any atom is 0.262 e. The Labute approximate surface area is 315 Å². The molecule has 2 aromatic carbocycles. The van der Waals surface area contributed by atoms with Crippen molar-refractivity contribution in [1.29, 1.82) is 0 Å². The lowest BCUT2D eigenvalue weighted by Crippen LogP contribution is -2.62. The minimum atomic E-state index is -2.95. The second kappa shape index (κ2) is 14.4. The first-order valence-corrected chi connectivity index (χ1v) is 21.9. The van der Waals surface area contributed by atoms with Crippen LogP contribution in [0.15, 0.2) is 36.4 Å². The molecule has 1 saturated carbocycles. The Morgan fingerprint density at radius 1 is 1.06 bits per heavy atom. The van der Waals surface area contributed by atoms with Gasteiger partial charge in [0.15, 0.2) is 0 Å². The lowest BCUT2D eigenvalue weighted by atomic mass is 9.62. The number of anilines is 1. The van der Waals surface area contributed by atoms with E-state index in [2.05, 4.69) is 44.3 Å². The first-order chi connectivity index (χ1) is 24.9. The van der Waals surface area contributed by atoms with Crippen LogP contribution in [0.1, 0.15) is 80.3 Å². The number of fused-ring (bicyclic) bond motifs is 5. The third-order valence-electron chi connectivity index (χ3n) is 13.8. The zero-order valence-corrected chi connectivity index (χ0v) is 32.6. The van der Waals surface area contributed by atoms with Crippen LogP contribution in [-0.2, 0) is 26.3 Å². The van der Waals surface area contributed by atoms with Gasteiger partial charge in [0, 0.05) is 73.1 Å². The van der Waals surface area contributed by atoms with Crippen molar-refractivity contribution < 1.29 is 23.6 Å². The maximum atomic E-state index is 14.0. The Hall–Kier alpha value is -2.34. The molecule has 4 aliphatic heterocycles. The number of β-amino-alcohol motifs (C(OH)–C–C–N with tert-alkyl or cyclic N) is 1. The fraction of sp³-hybridized carbons (Fsp3) is 0.659. The SMILES string of the molecule is C=S1(=O)NC(=O)c2ccc3c(c2)N(C[C@@H]2CC[C@H]2[C@](O)(CN2CCN4CCOC[C@H]4C2)CCC[C@H](C)[C@H]1C)C[C@@]1(CCCc2cc(Cl)ccc21)CO3. The molecule has 3 fully saturated rings. The molecule has 2 bridgehead atoms. The number of hydrogen-bond acceptors (Lipinski definition) is 8. The molecule has 8 atom stereocenters. The summed E-state index contributed by atoms with van der Waals surface area (Å²) in [5.41, 5.74) is 2.83. The third-order valence-corrected chi connectivity index (χ3v) is 16.2. The number of ether oxygens (including phenoxy) is 2. The zero-order valence-electron chi connectivity index (χ0n) is 31.0. The van der Waals surface area contributed by atoms with Gasteiger partial charge in [-0.05, 0) is 117 Å². The number of aryl methyl sites for hydroxylation is 1. The lowest BCUT2D eigenvalue weighted by Gasteiger charge is -2.53. The molecule has 11 heteroatoms. The Kier molecular flexibility index (Phi) is 10.1. The Balaban J connectivity index is 1.16. The van der Waals surface area contributed by atoms with Gasteiger partial charge in [0.1, 0.15) is 5.75 Å². The minimum Gasteiger partial charge on any atom is -0.490 e. The van der Waals surface area contributed by atoms with Crippen LogP contribution in [0.25, 0.3) is 0 Å². The third kappa shape index (κ3) is 7.01. The quantitative estimate of drug-likeness (QED) is 0.407. The summed E-state index contributed by atoms with van der Waals surface area (Å²) >= 11 is 6.51. The molecule has 52 heavy (non-hydrogen) atoms. The number of amides is 1. The lowest BCUT2D eigenvalue weighted by molar-refractivity contribution is -0.120.